The number of ether oxygens (including phenoxy) is 1. The maximum absolute atomic E-state index is 14.5. The molecule has 710 valence electrons. The number of Topliss-reactive ketones (excluding diaryl/α,β-unsaturated/α-hetero) is 6. The van der Waals surface area contributed by atoms with Crippen LogP contribution in [0.15, 0.2) is 150 Å². The highest BCUT2D eigenvalue weighted by Gasteiger charge is 2.55. The number of rotatable bonds is 9. The van der Waals surface area contributed by atoms with Crippen LogP contribution in [0, 0.1) is 56.7 Å². The molecule has 0 heterocycles. The minimum atomic E-state index is -1.97. The molecular formula is C96H102BrCl9F8N4O13. The minimum Gasteiger partial charge on any atom is -0.444 e. The number of aliphatic hydroxyl groups is 3. The molecule has 7 aliphatic carbocycles. The van der Waals surface area contributed by atoms with Gasteiger partial charge in [-0.05, 0) is 225 Å². The summed E-state index contributed by atoms with van der Waals surface area (Å²) in [4.78, 5) is 94.9. The van der Waals surface area contributed by atoms with Crippen LogP contribution in [-0.4, -0.2) is 84.9 Å². The number of carbonyl (C=O) groups is 7. The fraction of sp³-hybridized carbons (Fsp3) is 0.427. The first-order valence-electron chi connectivity index (χ1n) is 42.4. The first-order valence-corrected chi connectivity index (χ1v) is 46.3. The van der Waals surface area contributed by atoms with Crippen molar-refractivity contribution in [2.24, 2.45) is 11.5 Å². The molecule has 0 saturated heterocycles. The van der Waals surface area contributed by atoms with Crippen molar-refractivity contribution in [3.63, 3.8) is 0 Å². The van der Waals surface area contributed by atoms with Crippen LogP contribution in [0.1, 0.15) is 245 Å². The molecular weight excluding hydrogens is 1970 g/mol. The van der Waals surface area contributed by atoms with Gasteiger partial charge in [-0.3, -0.25) is 38.9 Å². The summed E-state index contributed by atoms with van der Waals surface area (Å²) < 4.78 is 116. The standard InChI is InChI=1S/C17H21ClFNO3.C13H14ClFO2.C12H11ClFNO3.C12H13ClFNO2.C12H13ClFNO.C12H14ClFO.C12H12ClFO.C6H3BrClF.ClH/c1-16(2,3)23-15(22)20-17(10-5-4-9-13(17)21)11-7-6-8-12(18)14(11)19;1-13(7-3-6-10(16)12(13)17)8-4-2-5-9(14)11(8)15;13-9-5-3-4-8(11(9)14)12(15(17)18)7-2-1-6-10(12)16;13-8-4-1-3-7(10(8)14)12(15)6-2-5-9(16)11(12)17;13-9-5-3-4-8(11(9)14)12(15)7-2-1-6-10(12)16;2*13-10-6-3-5-9(12(10)14)8-4-1-2-7-11(8)15;7-4-2-1-3-5(8)6(4)9;/h6-8H,4-5,9-10H2,1-3H3,(H,20,22);2,4-5,10,16H,3,6-7H2,1H3;3-5H,1-2,6-7H2;1,3-4,9,16H,2,5-6,15H2;3-5H,1-2,6-7,15H2;3,5-6,8,11,15H,1-2,4,7H2;3,5-6,8H,1-2,4,7H2;1-3H;1H. The molecule has 35 heteroatoms. The topological polar surface area (TPSA) is 297 Å². The summed E-state index contributed by atoms with van der Waals surface area (Å²) in [5, 5.41) is 43.0. The smallest absolute Gasteiger partial charge is 0.408 e. The van der Waals surface area contributed by atoms with Crippen molar-refractivity contribution in [3.05, 3.63) is 286 Å². The van der Waals surface area contributed by atoms with Crippen molar-refractivity contribution >= 4 is 162 Å². The summed E-state index contributed by atoms with van der Waals surface area (Å²) in [5.74, 6) is -6.50. The molecule has 7 aliphatic rings. The van der Waals surface area contributed by atoms with Crippen molar-refractivity contribution in [2.75, 3.05) is 0 Å². The molecule has 8 aromatic carbocycles. The first-order chi connectivity index (χ1) is 61.2. The van der Waals surface area contributed by atoms with E-state index in [9.17, 15) is 94.1 Å². The van der Waals surface area contributed by atoms with E-state index in [4.69, 9.17) is 109 Å². The Morgan fingerprint density at radius 3 is 1.31 bits per heavy atom. The largest absolute Gasteiger partial charge is 0.444 e. The number of hydrogen-bond acceptors (Lipinski definition) is 15. The fourth-order valence-corrected chi connectivity index (χ4v) is 18.9. The number of nitrogens with zero attached hydrogens (tertiary/aromatic N) is 1. The number of ketones is 6. The number of aliphatic hydroxyl groups excluding tert-OH is 3. The number of amides is 1. The Balaban J connectivity index is 0.000000206. The van der Waals surface area contributed by atoms with E-state index in [0.717, 1.165) is 64.2 Å². The van der Waals surface area contributed by atoms with Crippen molar-refractivity contribution in [1.82, 2.24) is 5.32 Å². The second-order valence-electron chi connectivity index (χ2n) is 33.9. The van der Waals surface area contributed by atoms with E-state index < -0.39 is 115 Å². The van der Waals surface area contributed by atoms with Crippen LogP contribution in [0.25, 0.3) is 0 Å². The van der Waals surface area contributed by atoms with Crippen LogP contribution >= 0.6 is 121 Å². The van der Waals surface area contributed by atoms with Gasteiger partial charge in [0, 0.05) is 71.1 Å². The zero-order valence-electron chi connectivity index (χ0n) is 72.0. The van der Waals surface area contributed by atoms with Gasteiger partial charge in [0.05, 0.1) is 61.7 Å². The third kappa shape index (κ3) is 27.2. The summed E-state index contributed by atoms with van der Waals surface area (Å²) in [6.45, 7) is 6.85. The predicted octanol–water partition coefficient (Wildman–Crippen LogP) is 25.7. The van der Waals surface area contributed by atoms with Crippen LogP contribution in [0.3, 0.4) is 0 Å². The molecule has 1 amide bonds. The Bertz CT molecular complexity index is 5310. The number of hydrogen-bond donors (Lipinski definition) is 6. The van der Waals surface area contributed by atoms with Gasteiger partial charge in [-0.25, -0.2) is 39.9 Å². The van der Waals surface area contributed by atoms with Crippen molar-refractivity contribution in [3.8, 4) is 0 Å². The Hall–Kier alpha value is -7.22. The van der Waals surface area contributed by atoms with Crippen LogP contribution in [0.4, 0.5) is 39.9 Å². The maximum Gasteiger partial charge on any atom is 0.408 e. The lowest BCUT2D eigenvalue weighted by Crippen LogP contribution is -2.54. The SMILES string of the molecule is CC(C)(C)OC(=O)NC1(c2cccc(Cl)c2F)CCCCC1=O.CC1(c2cccc(Cl)c2F)CCCC(O)C1=O.Cl.Fc1c(Cl)cccc1Br.NC1(c2cccc(Cl)c2F)CCCC(O)C1=O.NC1(c2cccc(Cl)c2F)CCCCC1=O.O=C1CCCCC1(c1cccc(Cl)c1F)[N+](=O)[O-].O=C1CCCCC1c1cccc(Cl)c1F.OC1CCCCC1c1cccc(Cl)c1F. The van der Waals surface area contributed by atoms with Gasteiger partial charge in [0.15, 0.2) is 34.8 Å². The second-order valence-corrected chi connectivity index (χ2v) is 38.0. The van der Waals surface area contributed by atoms with E-state index in [1.807, 2.05) is 0 Å². The molecule has 10 unspecified atom stereocenters. The van der Waals surface area contributed by atoms with Crippen LogP contribution < -0.4 is 16.8 Å². The van der Waals surface area contributed by atoms with Crippen molar-refractivity contribution in [2.45, 2.75) is 258 Å². The van der Waals surface area contributed by atoms with E-state index in [1.54, 1.807) is 100 Å². The van der Waals surface area contributed by atoms with Gasteiger partial charge in [-0.15, -0.1) is 12.4 Å². The molecule has 8 aromatic rings. The lowest BCUT2D eigenvalue weighted by atomic mass is 9.69. The van der Waals surface area contributed by atoms with Gasteiger partial charge in [-0.2, -0.15) is 0 Å². The monoisotopic (exact) mass is 2060 g/mol. The molecule has 10 atom stereocenters. The average Bonchev–Trinajstić information content (AvgIpc) is 0.753. The van der Waals surface area contributed by atoms with E-state index >= 15 is 0 Å². The average molecular weight is 2070 g/mol. The van der Waals surface area contributed by atoms with E-state index in [2.05, 4.69) is 21.2 Å². The molecule has 7 saturated carbocycles. The summed E-state index contributed by atoms with van der Waals surface area (Å²) in [6, 6.07) is 36.8. The molecule has 131 heavy (non-hydrogen) atoms. The van der Waals surface area contributed by atoms with Gasteiger partial charge in [0.25, 0.3) is 0 Å². The van der Waals surface area contributed by atoms with Gasteiger partial charge in [-0.1, -0.05) is 203 Å². The van der Waals surface area contributed by atoms with Gasteiger partial charge in [0.2, 0.25) is 5.78 Å². The predicted molar refractivity (Wildman–Crippen MR) is 499 cm³/mol. The highest BCUT2D eigenvalue weighted by molar-refractivity contribution is 9.10. The van der Waals surface area contributed by atoms with Gasteiger partial charge >= 0.3 is 11.6 Å². The molecule has 17 nitrogen and oxygen atoms in total. The molecule has 0 radical (unpaired) electrons. The molecule has 0 bridgehead atoms. The number of nitrogens with two attached hydrogens (primary N) is 2. The first kappa shape index (κ1) is 111. The fourth-order valence-electron chi connectivity index (χ4n) is 17.0. The molecule has 0 aromatic heterocycles. The second kappa shape index (κ2) is 49.5. The van der Waals surface area contributed by atoms with Crippen LogP contribution in [-0.2, 0) is 61.1 Å². The normalized spacial score (nSPS) is 24.1. The van der Waals surface area contributed by atoms with E-state index in [0.29, 0.717) is 99.1 Å². The third-order valence-electron chi connectivity index (χ3n) is 24.0. The Kier molecular flexibility index (Phi) is 41.9. The molecule has 7 fully saturated rings. The molecule has 15 rings (SSSR count). The van der Waals surface area contributed by atoms with E-state index in [-0.39, 0.29) is 140 Å². The number of halogens is 18. The van der Waals surface area contributed by atoms with Crippen molar-refractivity contribution in [1.29, 1.82) is 0 Å². The highest BCUT2D eigenvalue weighted by atomic mass is 79.9. The zero-order chi connectivity index (χ0) is 96.1. The number of nitro groups is 1. The lowest BCUT2D eigenvalue weighted by Gasteiger charge is -2.37. The summed E-state index contributed by atoms with van der Waals surface area (Å²) >= 11 is 48.4. The van der Waals surface area contributed by atoms with Gasteiger partial charge in [0.1, 0.15) is 75.1 Å². The molecule has 0 spiro atoms. The third-order valence-corrected chi connectivity index (χ3v) is 27.0. The van der Waals surface area contributed by atoms with Crippen LogP contribution in [0.2, 0.25) is 40.2 Å². The minimum absolute atomic E-state index is 0. The van der Waals surface area contributed by atoms with E-state index in [1.165, 1.54) is 72.8 Å². The number of alkyl carbamates (subject to hydrolysis) is 1. The van der Waals surface area contributed by atoms with Crippen LogP contribution in [0.5, 0.6) is 0 Å². The maximum atomic E-state index is 14.5. The summed E-state index contributed by atoms with van der Waals surface area (Å²) in [5.41, 5.74) is 5.79. The quantitative estimate of drug-likeness (QED) is 0.0339. The zero-order valence-corrected chi connectivity index (χ0v) is 80.4. The number of carbonyl (C=O) groups excluding carboxylic acids is 7. The Morgan fingerprint density at radius 2 is 0.817 bits per heavy atom. The summed E-state index contributed by atoms with van der Waals surface area (Å²) in [7, 11) is 0. The Morgan fingerprint density at radius 1 is 0.435 bits per heavy atom. The number of benzene rings is 8. The molecule has 0 aliphatic heterocycles. The summed E-state index contributed by atoms with van der Waals surface area (Å²) in [6.07, 6.45) is 12.5. The number of nitrogens with one attached hydrogen (secondary N) is 1. The van der Waals surface area contributed by atoms with Gasteiger partial charge < -0.3 is 36.8 Å². The highest BCUT2D eigenvalue weighted by Crippen LogP contribution is 2.45. The lowest BCUT2D eigenvalue weighted by molar-refractivity contribution is -0.563. The molecule has 8 N–H and O–H groups in total. The van der Waals surface area contributed by atoms with Crippen molar-refractivity contribution < 1.29 is 93.7 Å². The Labute approximate surface area is 810 Å².